The zero-order chi connectivity index (χ0) is 9.02. The molecule has 0 saturated carbocycles. The van der Waals surface area contributed by atoms with Gasteiger partial charge in [-0.2, -0.15) is 0 Å². The topological polar surface area (TPSA) is 43.4 Å². The van der Waals surface area contributed by atoms with Crippen LogP contribution in [-0.4, -0.2) is 17.9 Å². The molecule has 0 rings (SSSR count). The van der Waals surface area contributed by atoms with Crippen molar-refractivity contribution in [3.8, 4) is 0 Å². The summed E-state index contributed by atoms with van der Waals surface area (Å²) in [7, 11) is 0. The van der Waals surface area contributed by atoms with Crippen LogP contribution in [0.15, 0.2) is 12.2 Å². The maximum atomic E-state index is 10.8. The second kappa shape index (κ2) is 3.91. The summed E-state index contributed by atoms with van der Waals surface area (Å²) in [6, 6.07) is 0. The van der Waals surface area contributed by atoms with Crippen molar-refractivity contribution < 1.29 is 14.3 Å². The highest BCUT2D eigenvalue weighted by Crippen LogP contribution is 1.98. The molecule has 0 aliphatic heterocycles. The molecule has 0 fully saturated rings. The quantitative estimate of drug-likeness (QED) is 0.453. The van der Waals surface area contributed by atoms with E-state index in [1.807, 2.05) is 0 Å². The van der Waals surface area contributed by atoms with Crippen LogP contribution in [0.1, 0.15) is 20.8 Å². The Kier molecular flexibility index (Phi) is 3.51. The lowest BCUT2D eigenvalue weighted by Gasteiger charge is -2.08. The van der Waals surface area contributed by atoms with Crippen LogP contribution in [0.2, 0.25) is 0 Å². The van der Waals surface area contributed by atoms with E-state index in [1.54, 1.807) is 0 Å². The van der Waals surface area contributed by atoms with Gasteiger partial charge in [-0.15, -0.1) is 0 Å². The fourth-order valence-electron chi connectivity index (χ4n) is 0.344. The summed E-state index contributed by atoms with van der Waals surface area (Å²) in [6.07, 6.45) is -0.667. The van der Waals surface area contributed by atoms with Crippen molar-refractivity contribution in [2.24, 2.45) is 0 Å². The molecule has 3 heteroatoms. The standard InChI is InChI=1S/C8H12O3/c1-5(2)8(10)11-7(4)6(3)9/h7H,1H2,2-4H3. The summed E-state index contributed by atoms with van der Waals surface area (Å²) in [5.74, 6) is -0.688. The van der Waals surface area contributed by atoms with E-state index in [1.165, 1.54) is 20.8 Å². The van der Waals surface area contributed by atoms with Crippen molar-refractivity contribution in [3.05, 3.63) is 12.2 Å². The van der Waals surface area contributed by atoms with E-state index in [0.29, 0.717) is 5.57 Å². The van der Waals surface area contributed by atoms with Crippen LogP contribution in [0.5, 0.6) is 0 Å². The van der Waals surface area contributed by atoms with Crippen LogP contribution >= 0.6 is 0 Å². The molecule has 11 heavy (non-hydrogen) atoms. The van der Waals surface area contributed by atoms with Crippen molar-refractivity contribution in [2.75, 3.05) is 0 Å². The van der Waals surface area contributed by atoms with Gasteiger partial charge in [0.15, 0.2) is 11.9 Å². The molecule has 0 heterocycles. The van der Waals surface area contributed by atoms with Crippen LogP contribution in [0.3, 0.4) is 0 Å². The highest BCUT2D eigenvalue weighted by atomic mass is 16.5. The molecular formula is C8H12O3. The van der Waals surface area contributed by atoms with E-state index in [4.69, 9.17) is 0 Å². The van der Waals surface area contributed by atoms with Gasteiger partial charge in [-0.25, -0.2) is 4.79 Å². The summed E-state index contributed by atoms with van der Waals surface area (Å²) in [4.78, 5) is 21.4. The molecule has 0 amide bonds. The van der Waals surface area contributed by atoms with E-state index in [9.17, 15) is 9.59 Å². The molecule has 0 aliphatic carbocycles. The van der Waals surface area contributed by atoms with Crippen LogP contribution < -0.4 is 0 Å². The van der Waals surface area contributed by atoms with Crippen molar-refractivity contribution in [1.82, 2.24) is 0 Å². The van der Waals surface area contributed by atoms with Crippen LogP contribution in [-0.2, 0) is 14.3 Å². The van der Waals surface area contributed by atoms with Gasteiger partial charge in [0.2, 0.25) is 0 Å². The Bertz CT molecular complexity index is 194. The smallest absolute Gasteiger partial charge is 0.333 e. The Labute approximate surface area is 66.0 Å². The molecule has 0 N–H and O–H groups in total. The second-order valence-electron chi connectivity index (χ2n) is 2.44. The predicted octanol–water partition coefficient (Wildman–Crippen LogP) is 1.08. The summed E-state index contributed by atoms with van der Waals surface area (Å²) in [5.41, 5.74) is 0.304. The summed E-state index contributed by atoms with van der Waals surface area (Å²) >= 11 is 0. The normalized spacial score (nSPS) is 11.9. The highest BCUT2D eigenvalue weighted by Gasteiger charge is 2.13. The zero-order valence-corrected chi connectivity index (χ0v) is 7.01. The average molecular weight is 156 g/mol. The zero-order valence-electron chi connectivity index (χ0n) is 7.01. The molecule has 0 saturated heterocycles. The van der Waals surface area contributed by atoms with Crippen molar-refractivity contribution in [1.29, 1.82) is 0 Å². The highest BCUT2D eigenvalue weighted by molar-refractivity contribution is 5.90. The fraction of sp³-hybridized carbons (Fsp3) is 0.500. The third-order valence-corrected chi connectivity index (χ3v) is 1.20. The number of ether oxygens (including phenoxy) is 1. The largest absolute Gasteiger partial charge is 0.451 e. The van der Waals surface area contributed by atoms with Gasteiger partial charge in [0.1, 0.15) is 0 Å². The molecule has 1 unspecified atom stereocenters. The first-order valence-corrected chi connectivity index (χ1v) is 3.32. The van der Waals surface area contributed by atoms with Crippen LogP contribution in [0.25, 0.3) is 0 Å². The number of esters is 1. The Morgan fingerprint density at radius 2 is 1.82 bits per heavy atom. The molecule has 0 aromatic carbocycles. The van der Waals surface area contributed by atoms with Gasteiger partial charge >= 0.3 is 5.97 Å². The summed E-state index contributed by atoms with van der Waals surface area (Å²) in [6.45, 7) is 7.82. The van der Waals surface area contributed by atoms with Crippen molar-refractivity contribution in [3.63, 3.8) is 0 Å². The van der Waals surface area contributed by atoms with Crippen molar-refractivity contribution in [2.45, 2.75) is 26.9 Å². The minimum atomic E-state index is -0.667. The van der Waals surface area contributed by atoms with Gasteiger partial charge in [0, 0.05) is 5.57 Å². The number of hydrogen-bond donors (Lipinski definition) is 0. The third-order valence-electron chi connectivity index (χ3n) is 1.20. The first kappa shape index (κ1) is 9.88. The van der Waals surface area contributed by atoms with Gasteiger partial charge in [-0.3, -0.25) is 4.79 Å². The summed E-state index contributed by atoms with van der Waals surface area (Å²) in [5, 5.41) is 0. The first-order chi connectivity index (χ1) is 4.95. The van der Waals surface area contributed by atoms with E-state index in [2.05, 4.69) is 11.3 Å². The Morgan fingerprint density at radius 3 is 2.09 bits per heavy atom. The van der Waals surface area contributed by atoms with E-state index in [-0.39, 0.29) is 5.78 Å². The monoisotopic (exact) mass is 156 g/mol. The maximum absolute atomic E-state index is 10.8. The van der Waals surface area contributed by atoms with Gasteiger partial charge in [0.25, 0.3) is 0 Å². The lowest BCUT2D eigenvalue weighted by molar-refractivity contribution is -0.149. The Balaban J connectivity index is 3.95. The van der Waals surface area contributed by atoms with Gasteiger partial charge in [-0.1, -0.05) is 6.58 Å². The third kappa shape index (κ3) is 3.55. The Morgan fingerprint density at radius 1 is 1.36 bits per heavy atom. The second-order valence-corrected chi connectivity index (χ2v) is 2.44. The lowest BCUT2D eigenvalue weighted by atomic mass is 10.3. The molecular weight excluding hydrogens is 144 g/mol. The molecule has 0 aliphatic rings. The van der Waals surface area contributed by atoms with Gasteiger partial charge in [0.05, 0.1) is 0 Å². The number of rotatable bonds is 3. The fourth-order valence-corrected chi connectivity index (χ4v) is 0.344. The molecule has 0 aromatic heterocycles. The molecule has 3 nitrogen and oxygen atoms in total. The van der Waals surface area contributed by atoms with E-state index >= 15 is 0 Å². The van der Waals surface area contributed by atoms with E-state index in [0.717, 1.165) is 0 Å². The Hall–Kier alpha value is -1.12. The SMILES string of the molecule is C=C(C)C(=O)OC(C)C(C)=O. The minimum absolute atomic E-state index is 0.167. The van der Waals surface area contributed by atoms with Crippen LogP contribution in [0.4, 0.5) is 0 Å². The maximum Gasteiger partial charge on any atom is 0.333 e. The van der Waals surface area contributed by atoms with Crippen LogP contribution in [0, 0.1) is 0 Å². The molecule has 0 bridgehead atoms. The predicted molar refractivity (Wildman–Crippen MR) is 41.0 cm³/mol. The minimum Gasteiger partial charge on any atom is -0.451 e. The number of hydrogen-bond acceptors (Lipinski definition) is 3. The average Bonchev–Trinajstić information content (AvgIpc) is 1.87. The van der Waals surface area contributed by atoms with Gasteiger partial charge in [-0.05, 0) is 20.8 Å². The number of Topliss-reactive ketones (excluding diaryl/α,β-unsaturated/α-hetero) is 1. The number of carbonyl (C=O) groups excluding carboxylic acids is 2. The molecule has 62 valence electrons. The van der Waals surface area contributed by atoms with E-state index < -0.39 is 12.1 Å². The molecule has 1 atom stereocenters. The molecule has 0 radical (unpaired) electrons. The first-order valence-electron chi connectivity index (χ1n) is 3.32. The molecule has 0 aromatic rings. The lowest BCUT2D eigenvalue weighted by Crippen LogP contribution is -2.21. The molecule has 0 spiro atoms. The van der Waals surface area contributed by atoms with Gasteiger partial charge < -0.3 is 4.74 Å². The summed E-state index contributed by atoms with van der Waals surface area (Å²) < 4.78 is 4.69. The number of ketones is 1. The number of carbonyl (C=O) groups is 2. The van der Waals surface area contributed by atoms with Crippen molar-refractivity contribution >= 4 is 11.8 Å².